The van der Waals surface area contributed by atoms with E-state index in [-0.39, 0.29) is 22.7 Å². The van der Waals surface area contributed by atoms with Gasteiger partial charge in [0, 0.05) is 26.2 Å². The molecule has 0 aliphatic rings. The summed E-state index contributed by atoms with van der Waals surface area (Å²) in [6.07, 6.45) is 2.20. The zero-order valence-electron chi connectivity index (χ0n) is 16.1. The molecule has 2 rings (SSSR count). The molecule has 0 bridgehead atoms. The van der Waals surface area contributed by atoms with Crippen LogP contribution < -0.4 is 10.2 Å². The smallest absolute Gasteiger partial charge is 0.271 e. The maximum Gasteiger partial charge on any atom is 0.271 e. The first-order valence-electron chi connectivity index (χ1n) is 9.29. The third kappa shape index (κ3) is 6.19. The van der Waals surface area contributed by atoms with Crippen molar-refractivity contribution in [2.24, 2.45) is 0 Å². The molecule has 0 radical (unpaired) electrons. The predicted octanol–water partition coefficient (Wildman–Crippen LogP) is 3.87. The number of rotatable bonds is 10. The van der Waals surface area contributed by atoms with Gasteiger partial charge in [-0.25, -0.2) is 9.97 Å². The molecule has 1 unspecified atom stereocenters. The molecule has 0 aliphatic heterocycles. The molecule has 0 spiro atoms. The summed E-state index contributed by atoms with van der Waals surface area (Å²) in [6, 6.07) is 10.0. The molecule has 1 aromatic carbocycles. The number of nitrogens with one attached hydrogen (secondary N) is 1. The van der Waals surface area contributed by atoms with Crippen LogP contribution in [0, 0.1) is 0 Å². The van der Waals surface area contributed by atoms with Gasteiger partial charge in [0.2, 0.25) is 5.95 Å². The molecule has 1 N–H and O–H groups in total. The lowest BCUT2D eigenvalue weighted by Crippen LogP contribution is -2.29. The predicted molar refractivity (Wildman–Crippen MR) is 108 cm³/mol. The number of hydrogen-bond donors (Lipinski definition) is 1. The van der Waals surface area contributed by atoms with E-state index in [0.29, 0.717) is 25.5 Å². The normalized spacial score (nSPS) is 11.9. The highest BCUT2D eigenvalue weighted by Crippen LogP contribution is 2.17. The monoisotopic (exact) mass is 390 g/mol. The van der Waals surface area contributed by atoms with Gasteiger partial charge in [0.1, 0.15) is 0 Å². The van der Waals surface area contributed by atoms with E-state index in [0.717, 1.165) is 18.7 Å². The molecule has 1 atom stereocenters. The van der Waals surface area contributed by atoms with Gasteiger partial charge in [-0.3, -0.25) is 4.79 Å². The number of carbonyl (C=O) groups excluding carboxylic acids is 1. The molecule has 146 valence electrons. The van der Waals surface area contributed by atoms with Crippen LogP contribution in [0.5, 0.6) is 0 Å². The van der Waals surface area contributed by atoms with Crippen molar-refractivity contribution in [3.63, 3.8) is 0 Å². The fourth-order valence-corrected chi connectivity index (χ4v) is 2.79. The van der Waals surface area contributed by atoms with E-state index in [1.807, 2.05) is 56.0 Å². The highest BCUT2D eigenvalue weighted by Gasteiger charge is 2.16. The van der Waals surface area contributed by atoms with Crippen molar-refractivity contribution in [1.82, 2.24) is 15.3 Å². The third-order valence-corrected chi connectivity index (χ3v) is 4.51. The zero-order valence-corrected chi connectivity index (χ0v) is 16.9. The summed E-state index contributed by atoms with van der Waals surface area (Å²) in [5.74, 6) is 0.210. The summed E-state index contributed by atoms with van der Waals surface area (Å²) in [5.41, 5.74) is 1.34. The number of halogens is 1. The topological polar surface area (TPSA) is 67.4 Å². The average molecular weight is 391 g/mol. The Labute approximate surface area is 165 Å². The van der Waals surface area contributed by atoms with E-state index < -0.39 is 0 Å². The molecule has 0 saturated carbocycles. The van der Waals surface area contributed by atoms with E-state index in [4.69, 9.17) is 16.3 Å². The number of carbonyl (C=O) groups is 1. The minimum Gasteiger partial charge on any atom is -0.374 e. The van der Waals surface area contributed by atoms with E-state index in [2.05, 4.69) is 15.3 Å². The lowest BCUT2D eigenvalue weighted by molar-refractivity contribution is 0.0634. The van der Waals surface area contributed by atoms with Crippen LogP contribution in [0.4, 0.5) is 5.95 Å². The van der Waals surface area contributed by atoms with Crippen LogP contribution >= 0.6 is 11.6 Å². The standard InChI is InChI=1S/C20H27ClN4O2/c1-4-25(5-2)20-23-14-17(21)18(24-20)19(26)22-12-9-13-27-15(3)16-10-7-6-8-11-16/h6-8,10-11,14-15H,4-5,9,12-13H2,1-3H3,(H,22,26). The van der Waals surface area contributed by atoms with Crippen LogP contribution in [0.2, 0.25) is 5.02 Å². The summed E-state index contributed by atoms with van der Waals surface area (Å²) in [5, 5.41) is 3.09. The average Bonchev–Trinajstić information content (AvgIpc) is 2.70. The van der Waals surface area contributed by atoms with Crippen molar-refractivity contribution in [2.45, 2.75) is 33.3 Å². The first-order valence-corrected chi connectivity index (χ1v) is 9.66. The Hall–Kier alpha value is -2.18. The SMILES string of the molecule is CCN(CC)c1ncc(Cl)c(C(=O)NCCCOC(C)c2ccccc2)n1. The maximum atomic E-state index is 12.4. The molecule has 1 aromatic heterocycles. The molecule has 1 amide bonds. The number of hydrogen-bond acceptors (Lipinski definition) is 5. The molecule has 1 heterocycles. The fraction of sp³-hybridized carbons (Fsp3) is 0.450. The second-order valence-corrected chi connectivity index (χ2v) is 6.48. The van der Waals surface area contributed by atoms with Gasteiger partial charge >= 0.3 is 0 Å². The molecule has 0 aliphatic carbocycles. The number of nitrogens with zero attached hydrogens (tertiary/aromatic N) is 3. The van der Waals surface area contributed by atoms with Gasteiger partial charge in [0.25, 0.3) is 5.91 Å². The Morgan fingerprint density at radius 2 is 1.96 bits per heavy atom. The highest BCUT2D eigenvalue weighted by atomic mass is 35.5. The second kappa shape index (κ2) is 10.8. The van der Waals surface area contributed by atoms with Crippen molar-refractivity contribution in [3.8, 4) is 0 Å². The summed E-state index contributed by atoms with van der Waals surface area (Å²) in [4.78, 5) is 22.9. The van der Waals surface area contributed by atoms with Gasteiger partial charge in [-0.05, 0) is 32.8 Å². The molecule has 6 nitrogen and oxygen atoms in total. The van der Waals surface area contributed by atoms with Crippen molar-refractivity contribution < 1.29 is 9.53 Å². The molecule has 27 heavy (non-hydrogen) atoms. The molecule has 0 fully saturated rings. The molecule has 0 saturated heterocycles. The Balaban J connectivity index is 1.81. The number of ether oxygens (including phenoxy) is 1. The van der Waals surface area contributed by atoms with Gasteiger partial charge in [-0.15, -0.1) is 0 Å². The first kappa shape index (κ1) is 21.1. The van der Waals surface area contributed by atoms with Gasteiger partial charge in [-0.2, -0.15) is 0 Å². The number of anilines is 1. The van der Waals surface area contributed by atoms with Gasteiger partial charge in [0.15, 0.2) is 5.69 Å². The van der Waals surface area contributed by atoms with Crippen molar-refractivity contribution >= 4 is 23.5 Å². The Morgan fingerprint density at radius 3 is 2.63 bits per heavy atom. The lowest BCUT2D eigenvalue weighted by Gasteiger charge is -2.19. The van der Waals surface area contributed by atoms with Gasteiger partial charge < -0.3 is 15.0 Å². The summed E-state index contributed by atoms with van der Waals surface area (Å²) >= 11 is 6.10. The minimum atomic E-state index is -0.299. The second-order valence-electron chi connectivity index (χ2n) is 6.07. The fourth-order valence-electron chi connectivity index (χ4n) is 2.61. The van der Waals surface area contributed by atoms with Crippen LogP contribution in [0.25, 0.3) is 0 Å². The van der Waals surface area contributed by atoms with Crippen LogP contribution in [0.1, 0.15) is 49.3 Å². The number of amides is 1. The minimum absolute atomic E-state index is 0.0230. The lowest BCUT2D eigenvalue weighted by atomic mass is 10.1. The van der Waals surface area contributed by atoms with Crippen LogP contribution in [0.15, 0.2) is 36.5 Å². The van der Waals surface area contributed by atoms with Crippen LogP contribution in [0.3, 0.4) is 0 Å². The quantitative estimate of drug-likeness (QED) is 0.623. The third-order valence-electron chi connectivity index (χ3n) is 4.24. The van der Waals surface area contributed by atoms with Crippen LogP contribution in [-0.2, 0) is 4.74 Å². The molecule has 7 heteroatoms. The zero-order chi connectivity index (χ0) is 19.6. The Bertz CT molecular complexity index is 723. The Kier molecular flexibility index (Phi) is 8.48. The molecular weight excluding hydrogens is 364 g/mol. The summed E-state index contributed by atoms with van der Waals surface area (Å²) in [7, 11) is 0. The highest BCUT2D eigenvalue weighted by molar-refractivity contribution is 6.33. The van der Waals surface area contributed by atoms with Crippen molar-refractivity contribution in [1.29, 1.82) is 0 Å². The Morgan fingerprint density at radius 1 is 1.26 bits per heavy atom. The van der Waals surface area contributed by atoms with Gasteiger partial charge in [-0.1, -0.05) is 41.9 Å². The van der Waals surface area contributed by atoms with E-state index in [1.54, 1.807) is 0 Å². The number of benzene rings is 1. The summed E-state index contributed by atoms with van der Waals surface area (Å²) in [6.45, 7) is 8.60. The van der Waals surface area contributed by atoms with Gasteiger partial charge in [0.05, 0.1) is 17.3 Å². The van der Waals surface area contributed by atoms with E-state index >= 15 is 0 Å². The molecular formula is C20H27ClN4O2. The van der Waals surface area contributed by atoms with E-state index in [9.17, 15) is 4.79 Å². The maximum absolute atomic E-state index is 12.4. The number of aromatic nitrogens is 2. The molecule has 2 aromatic rings. The van der Waals surface area contributed by atoms with E-state index in [1.165, 1.54) is 6.20 Å². The largest absolute Gasteiger partial charge is 0.374 e. The first-order chi connectivity index (χ1) is 13.1. The van der Waals surface area contributed by atoms with Crippen molar-refractivity contribution in [2.75, 3.05) is 31.1 Å². The van der Waals surface area contributed by atoms with Crippen LogP contribution in [-0.4, -0.2) is 42.1 Å². The summed E-state index contributed by atoms with van der Waals surface area (Å²) < 4.78 is 5.81. The van der Waals surface area contributed by atoms with Crippen molar-refractivity contribution in [3.05, 3.63) is 52.8 Å².